The smallest absolute Gasteiger partial charge is 0.338 e. The number of benzene rings is 2. The van der Waals surface area contributed by atoms with Crippen molar-refractivity contribution < 1.29 is 24.2 Å². The molecule has 0 radical (unpaired) electrons. The number of aliphatic hydroxyl groups is 1. The molecule has 0 aromatic heterocycles. The molecule has 2 aromatic rings. The monoisotopic (exact) mass is 456 g/mol. The number of hydrogen-bond acceptors (Lipinski definition) is 5. The maximum Gasteiger partial charge on any atom is 0.338 e. The van der Waals surface area contributed by atoms with E-state index in [1.54, 1.807) is 48.5 Å². The van der Waals surface area contributed by atoms with E-state index < -0.39 is 18.0 Å². The Morgan fingerprint density at radius 2 is 1.12 bits per heavy atom. The zero-order chi connectivity index (χ0) is 17.5. The Labute approximate surface area is 155 Å². The van der Waals surface area contributed by atoms with Gasteiger partial charge in [-0.25, -0.2) is 9.59 Å². The van der Waals surface area contributed by atoms with Crippen molar-refractivity contribution in [3.8, 4) is 0 Å². The van der Waals surface area contributed by atoms with Crippen LogP contribution in [0.25, 0.3) is 0 Å². The van der Waals surface area contributed by atoms with E-state index >= 15 is 0 Å². The Morgan fingerprint density at radius 1 is 0.792 bits per heavy atom. The number of esters is 2. The van der Waals surface area contributed by atoms with Gasteiger partial charge in [0.1, 0.15) is 19.3 Å². The van der Waals surface area contributed by atoms with Crippen molar-refractivity contribution in [2.45, 2.75) is 6.10 Å². The van der Waals surface area contributed by atoms with Gasteiger partial charge in [-0.05, 0) is 48.5 Å². The number of ether oxygens (including phenoxy) is 2. The molecule has 0 saturated carbocycles. The molecule has 0 atom stereocenters. The quantitative estimate of drug-likeness (QED) is 0.671. The Balaban J connectivity index is 1.75. The van der Waals surface area contributed by atoms with Gasteiger partial charge in [-0.3, -0.25) is 0 Å². The second kappa shape index (κ2) is 8.96. The van der Waals surface area contributed by atoms with Crippen LogP contribution in [0.15, 0.2) is 57.5 Å². The number of carbonyl (C=O) groups is 2. The van der Waals surface area contributed by atoms with Crippen LogP contribution in [0.1, 0.15) is 20.7 Å². The summed E-state index contributed by atoms with van der Waals surface area (Å²) in [7, 11) is 0. The first-order valence-corrected chi connectivity index (χ1v) is 8.58. The normalized spacial score (nSPS) is 10.5. The fraction of sp³-hybridized carbons (Fsp3) is 0.176. The maximum absolute atomic E-state index is 11.8. The van der Waals surface area contributed by atoms with E-state index in [-0.39, 0.29) is 13.2 Å². The second-order valence-electron chi connectivity index (χ2n) is 4.86. The summed E-state index contributed by atoms with van der Waals surface area (Å²) in [6.45, 7) is -0.523. The molecule has 0 aliphatic heterocycles. The Morgan fingerprint density at radius 3 is 1.46 bits per heavy atom. The third-order valence-electron chi connectivity index (χ3n) is 2.97. The average Bonchev–Trinajstić information content (AvgIpc) is 2.58. The Kier molecular flexibility index (Phi) is 6.96. The lowest BCUT2D eigenvalue weighted by molar-refractivity contribution is -0.00469. The molecule has 0 bridgehead atoms. The lowest BCUT2D eigenvalue weighted by atomic mass is 10.2. The highest BCUT2D eigenvalue weighted by Gasteiger charge is 2.14. The van der Waals surface area contributed by atoms with Gasteiger partial charge in [0.05, 0.1) is 11.1 Å². The van der Waals surface area contributed by atoms with Crippen molar-refractivity contribution in [2.75, 3.05) is 13.2 Å². The van der Waals surface area contributed by atoms with Gasteiger partial charge in [-0.15, -0.1) is 0 Å². The van der Waals surface area contributed by atoms with Gasteiger partial charge in [-0.1, -0.05) is 31.9 Å². The number of halogens is 2. The van der Waals surface area contributed by atoms with Crippen LogP contribution in [0.4, 0.5) is 0 Å². The van der Waals surface area contributed by atoms with Crippen LogP contribution in [0.5, 0.6) is 0 Å². The SMILES string of the molecule is O=C(OCC(O)COC(=O)c1ccc(Br)cc1)c1ccc(Br)cc1. The molecule has 0 heterocycles. The van der Waals surface area contributed by atoms with E-state index in [1.165, 1.54) is 0 Å². The van der Waals surface area contributed by atoms with Gasteiger partial charge in [0.25, 0.3) is 0 Å². The number of rotatable bonds is 6. The molecular formula is C17H14Br2O5. The minimum absolute atomic E-state index is 0.261. The second-order valence-corrected chi connectivity index (χ2v) is 6.70. The Bertz CT molecular complexity index is 636. The molecule has 5 nitrogen and oxygen atoms in total. The van der Waals surface area contributed by atoms with E-state index in [9.17, 15) is 14.7 Å². The van der Waals surface area contributed by atoms with Crippen molar-refractivity contribution in [3.63, 3.8) is 0 Å². The first kappa shape index (κ1) is 18.6. The van der Waals surface area contributed by atoms with E-state index in [4.69, 9.17) is 9.47 Å². The predicted molar refractivity (Wildman–Crippen MR) is 94.9 cm³/mol. The van der Waals surface area contributed by atoms with Crippen LogP contribution in [0.2, 0.25) is 0 Å². The first-order valence-electron chi connectivity index (χ1n) is 6.99. The fourth-order valence-electron chi connectivity index (χ4n) is 1.73. The maximum atomic E-state index is 11.8. The summed E-state index contributed by atoms with van der Waals surface area (Å²) < 4.78 is 11.7. The number of hydrogen-bond donors (Lipinski definition) is 1. The van der Waals surface area contributed by atoms with Gasteiger partial charge >= 0.3 is 11.9 Å². The lowest BCUT2D eigenvalue weighted by Crippen LogP contribution is -2.25. The Hall–Kier alpha value is -1.70. The molecule has 0 amide bonds. The molecule has 0 spiro atoms. The molecule has 0 aliphatic rings. The largest absolute Gasteiger partial charge is 0.459 e. The zero-order valence-electron chi connectivity index (χ0n) is 12.4. The molecule has 0 unspecified atom stereocenters. The number of aliphatic hydroxyl groups excluding tert-OH is 1. The van der Waals surface area contributed by atoms with E-state index in [2.05, 4.69) is 31.9 Å². The van der Waals surface area contributed by atoms with Crippen LogP contribution in [0, 0.1) is 0 Å². The third kappa shape index (κ3) is 5.74. The molecule has 7 heteroatoms. The van der Waals surface area contributed by atoms with Crippen molar-refractivity contribution in [2.24, 2.45) is 0 Å². The average molecular weight is 458 g/mol. The van der Waals surface area contributed by atoms with Crippen molar-refractivity contribution in [3.05, 3.63) is 68.6 Å². The topological polar surface area (TPSA) is 72.8 Å². The van der Waals surface area contributed by atoms with Crippen LogP contribution in [0.3, 0.4) is 0 Å². The van der Waals surface area contributed by atoms with Gasteiger partial charge in [0.15, 0.2) is 0 Å². The zero-order valence-corrected chi connectivity index (χ0v) is 15.6. The summed E-state index contributed by atoms with van der Waals surface area (Å²) in [5.74, 6) is -1.11. The highest BCUT2D eigenvalue weighted by molar-refractivity contribution is 9.10. The standard InChI is InChI=1S/C17H14Br2O5/c18-13-5-1-11(2-6-13)16(21)23-9-15(20)10-24-17(22)12-3-7-14(19)8-4-12/h1-8,15,20H,9-10H2. The van der Waals surface area contributed by atoms with E-state index in [0.717, 1.165) is 8.95 Å². The van der Waals surface area contributed by atoms with Crippen molar-refractivity contribution in [1.29, 1.82) is 0 Å². The summed E-state index contributed by atoms with van der Waals surface area (Å²) in [4.78, 5) is 23.6. The minimum atomic E-state index is -1.09. The molecule has 24 heavy (non-hydrogen) atoms. The fourth-order valence-corrected chi connectivity index (χ4v) is 2.26. The molecule has 0 fully saturated rings. The van der Waals surface area contributed by atoms with Crippen LogP contribution in [-0.4, -0.2) is 36.4 Å². The first-order chi connectivity index (χ1) is 11.5. The summed E-state index contributed by atoms with van der Waals surface area (Å²) in [6, 6.07) is 13.3. The highest BCUT2D eigenvalue weighted by Crippen LogP contribution is 2.12. The van der Waals surface area contributed by atoms with E-state index in [1.807, 2.05) is 0 Å². The van der Waals surface area contributed by atoms with E-state index in [0.29, 0.717) is 11.1 Å². The third-order valence-corrected chi connectivity index (χ3v) is 4.03. The molecule has 126 valence electrons. The molecule has 0 aliphatic carbocycles. The summed E-state index contributed by atoms with van der Waals surface area (Å²) in [5, 5.41) is 9.76. The summed E-state index contributed by atoms with van der Waals surface area (Å²) in [6.07, 6.45) is -1.09. The summed E-state index contributed by atoms with van der Waals surface area (Å²) in [5.41, 5.74) is 0.745. The molecule has 1 N–H and O–H groups in total. The van der Waals surface area contributed by atoms with Crippen LogP contribution >= 0.6 is 31.9 Å². The lowest BCUT2D eigenvalue weighted by Gasteiger charge is -2.12. The highest BCUT2D eigenvalue weighted by atomic mass is 79.9. The molecule has 0 saturated heterocycles. The van der Waals surface area contributed by atoms with Gasteiger partial charge in [0.2, 0.25) is 0 Å². The number of carbonyl (C=O) groups excluding carboxylic acids is 2. The van der Waals surface area contributed by atoms with Crippen LogP contribution in [-0.2, 0) is 9.47 Å². The van der Waals surface area contributed by atoms with Gasteiger partial charge < -0.3 is 14.6 Å². The van der Waals surface area contributed by atoms with Gasteiger partial charge in [0, 0.05) is 8.95 Å². The predicted octanol–water partition coefficient (Wildman–Crippen LogP) is 3.59. The molecular weight excluding hydrogens is 444 g/mol. The summed E-state index contributed by atoms with van der Waals surface area (Å²) >= 11 is 6.54. The van der Waals surface area contributed by atoms with Crippen molar-refractivity contribution >= 4 is 43.8 Å². The molecule has 2 rings (SSSR count). The van der Waals surface area contributed by atoms with Crippen LogP contribution < -0.4 is 0 Å². The van der Waals surface area contributed by atoms with Crippen molar-refractivity contribution in [1.82, 2.24) is 0 Å². The van der Waals surface area contributed by atoms with Gasteiger partial charge in [-0.2, -0.15) is 0 Å². The molecule has 2 aromatic carbocycles. The minimum Gasteiger partial charge on any atom is -0.459 e.